The van der Waals surface area contributed by atoms with E-state index in [2.05, 4.69) is 57.3 Å². The molecule has 1 saturated carbocycles. The quantitative estimate of drug-likeness (QED) is 0.820. The SMILES string of the molecule is Brc1ccc(SC2(c3ccncc3)CC2)cc1. The van der Waals surface area contributed by atoms with Crippen LogP contribution in [0.2, 0.25) is 0 Å². The molecule has 0 amide bonds. The summed E-state index contributed by atoms with van der Waals surface area (Å²) in [5, 5.41) is 0. The third-order valence-electron chi connectivity index (χ3n) is 3.04. The number of halogens is 1. The molecule has 1 aliphatic carbocycles. The summed E-state index contributed by atoms with van der Waals surface area (Å²) in [6, 6.07) is 12.8. The molecule has 1 fully saturated rings. The molecule has 0 bridgehead atoms. The first-order chi connectivity index (χ1) is 8.28. The molecular formula is C14H12BrNS. The molecule has 1 nitrogen and oxygen atoms in total. The largest absolute Gasteiger partial charge is 0.265 e. The number of hydrogen-bond acceptors (Lipinski definition) is 2. The van der Waals surface area contributed by atoms with Crippen LogP contribution in [0.1, 0.15) is 18.4 Å². The normalized spacial score (nSPS) is 16.8. The lowest BCUT2D eigenvalue weighted by atomic mass is 10.2. The Labute approximate surface area is 114 Å². The monoisotopic (exact) mass is 305 g/mol. The summed E-state index contributed by atoms with van der Waals surface area (Å²) in [6.45, 7) is 0. The zero-order valence-corrected chi connectivity index (χ0v) is 11.7. The predicted molar refractivity (Wildman–Crippen MR) is 75.1 cm³/mol. The Bertz CT molecular complexity index is 506. The Morgan fingerprint density at radius 2 is 1.65 bits per heavy atom. The van der Waals surface area contributed by atoms with Gasteiger partial charge in [-0.05, 0) is 54.8 Å². The van der Waals surface area contributed by atoms with Gasteiger partial charge in [-0.25, -0.2) is 0 Å². The van der Waals surface area contributed by atoms with E-state index in [0.717, 1.165) is 4.47 Å². The Kier molecular flexibility index (Phi) is 2.97. The van der Waals surface area contributed by atoms with Crippen LogP contribution in [0.3, 0.4) is 0 Å². The van der Waals surface area contributed by atoms with Crippen molar-refractivity contribution in [2.24, 2.45) is 0 Å². The van der Waals surface area contributed by atoms with E-state index in [9.17, 15) is 0 Å². The van der Waals surface area contributed by atoms with E-state index in [1.165, 1.54) is 23.3 Å². The number of rotatable bonds is 3. The summed E-state index contributed by atoms with van der Waals surface area (Å²) in [5.41, 5.74) is 1.40. The molecule has 0 N–H and O–H groups in total. The van der Waals surface area contributed by atoms with E-state index in [4.69, 9.17) is 0 Å². The average Bonchev–Trinajstić information content (AvgIpc) is 3.15. The lowest BCUT2D eigenvalue weighted by Gasteiger charge is -2.14. The van der Waals surface area contributed by atoms with Gasteiger partial charge in [-0.15, -0.1) is 11.8 Å². The van der Waals surface area contributed by atoms with Crippen molar-refractivity contribution in [2.75, 3.05) is 0 Å². The highest BCUT2D eigenvalue weighted by Crippen LogP contribution is 2.59. The topological polar surface area (TPSA) is 12.9 Å². The van der Waals surface area contributed by atoms with E-state index < -0.39 is 0 Å². The van der Waals surface area contributed by atoms with Gasteiger partial charge >= 0.3 is 0 Å². The highest BCUT2D eigenvalue weighted by molar-refractivity contribution is 9.10. The van der Waals surface area contributed by atoms with Crippen LogP contribution in [0, 0.1) is 0 Å². The molecule has 86 valence electrons. The highest BCUT2D eigenvalue weighted by Gasteiger charge is 2.45. The Morgan fingerprint density at radius 1 is 1.00 bits per heavy atom. The molecule has 0 saturated heterocycles. The molecule has 0 aliphatic heterocycles. The molecule has 0 unspecified atom stereocenters. The van der Waals surface area contributed by atoms with E-state index in [1.54, 1.807) is 0 Å². The van der Waals surface area contributed by atoms with Crippen LogP contribution in [0.25, 0.3) is 0 Å². The van der Waals surface area contributed by atoms with Crippen molar-refractivity contribution in [3.8, 4) is 0 Å². The number of aromatic nitrogens is 1. The van der Waals surface area contributed by atoms with Crippen LogP contribution in [0.4, 0.5) is 0 Å². The average molecular weight is 306 g/mol. The molecule has 0 atom stereocenters. The smallest absolute Gasteiger partial charge is 0.0457 e. The molecule has 2 aromatic rings. The third-order valence-corrected chi connectivity index (χ3v) is 5.11. The summed E-state index contributed by atoms with van der Waals surface area (Å²) < 4.78 is 1.44. The van der Waals surface area contributed by atoms with Crippen molar-refractivity contribution in [2.45, 2.75) is 22.5 Å². The van der Waals surface area contributed by atoms with Crippen LogP contribution < -0.4 is 0 Å². The first kappa shape index (κ1) is 11.3. The molecule has 3 heteroatoms. The fourth-order valence-electron chi connectivity index (χ4n) is 1.95. The van der Waals surface area contributed by atoms with E-state index in [-0.39, 0.29) is 0 Å². The van der Waals surface area contributed by atoms with Gasteiger partial charge in [-0.3, -0.25) is 4.98 Å². The maximum atomic E-state index is 4.09. The van der Waals surface area contributed by atoms with Crippen molar-refractivity contribution in [1.29, 1.82) is 0 Å². The molecule has 1 aliphatic rings. The molecular weight excluding hydrogens is 294 g/mol. The zero-order chi connectivity index (χ0) is 11.7. The third kappa shape index (κ3) is 2.40. The Hall–Kier alpha value is -0.800. The zero-order valence-electron chi connectivity index (χ0n) is 9.27. The second kappa shape index (κ2) is 4.46. The standard InChI is InChI=1S/C14H12BrNS/c15-12-1-3-13(4-2-12)17-14(7-8-14)11-5-9-16-10-6-11/h1-6,9-10H,7-8H2. The van der Waals surface area contributed by atoms with E-state index >= 15 is 0 Å². The number of benzene rings is 1. The molecule has 1 aromatic carbocycles. The maximum Gasteiger partial charge on any atom is 0.0457 e. The van der Waals surface area contributed by atoms with Gasteiger partial charge in [0.15, 0.2) is 0 Å². The van der Waals surface area contributed by atoms with Crippen molar-refractivity contribution in [3.05, 3.63) is 58.8 Å². The highest BCUT2D eigenvalue weighted by atomic mass is 79.9. The van der Waals surface area contributed by atoms with Crippen molar-refractivity contribution >= 4 is 27.7 Å². The van der Waals surface area contributed by atoms with Gasteiger partial charge in [0.2, 0.25) is 0 Å². The second-order valence-corrected chi connectivity index (χ2v) is 6.66. The first-order valence-electron chi connectivity index (χ1n) is 5.64. The number of hydrogen-bond donors (Lipinski definition) is 0. The lowest BCUT2D eigenvalue weighted by molar-refractivity contribution is 1.02. The first-order valence-corrected chi connectivity index (χ1v) is 7.25. The summed E-state index contributed by atoms with van der Waals surface area (Å²) in [6.07, 6.45) is 6.30. The summed E-state index contributed by atoms with van der Waals surface area (Å²) in [5.74, 6) is 0. The minimum atomic E-state index is 0.302. The van der Waals surface area contributed by atoms with E-state index in [0.29, 0.717) is 4.75 Å². The number of thioether (sulfide) groups is 1. The van der Waals surface area contributed by atoms with Crippen LogP contribution in [-0.4, -0.2) is 4.98 Å². The van der Waals surface area contributed by atoms with Gasteiger partial charge < -0.3 is 0 Å². The summed E-state index contributed by atoms with van der Waals surface area (Å²) in [4.78, 5) is 5.43. The van der Waals surface area contributed by atoms with Gasteiger partial charge in [0, 0.05) is 26.5 Å². The molecule has 17 heavy (non-hydrogen) atoms. The van der Waals surface area contributed by atoms with Gasteiger partial charge in [0.05, 0.1) is 0 Å². The summed E-state index contributed by atoms with van der Waals surface area (Å²) >= 11 is 5.44. The molecule has 1 aromatic heterocycles. The molecule has 0 spiro atoms. The molecule has 0 radical (unpaired) electrons. The van der Waals surface area contributed by atoms with Crippen molar-refractivity contribution in [3.63, 3.8) is 0 Å². The van der Waals surface area contributed by atoms with E-state index in [1.807, 2.05) is 24.2 Å². The fraction of sp³-hybridized carbons (Fsp3) is 0.214. The minimum absolute atomic E-state index is 0.302. The van der Waals surface area contributed by atoms with Crippen molar-refractivity contribution in [1.82, 2.24) is 4.98 Å². The van der Waals surface area contributed by atoms with Crippen LogP contribution >= 0.6 is 27.7 Å². The predicted octanol–water partition coefficient (Wildman–Crippen LogP) is 4.63. The van der Waals surface area contributed by atoms with Gasteiger partial charge in [-0.1, -0.05) is 15.9 Å². The van der Waals surface area contributed by atoms with Gasteiger partial charge in [0.1, 0.15) is 0 Å². The number of nitrogens with zero attached hydrogens (tertiary/aromatic N) is 1. The Morgan fingerprint density at radius 3 is 2.24 bits per heavy atom. The van der Waals surface area contributed by atoms with Gasteiger partial charge in [0.25, 0.3) is 0 Å². The minimum Gasteiger partial charge on any atom is -0.265 e. The maximum absolute atomic E-state index is 4.09. The fourth-order valence-corrected chi connectivity index (χ4v) is 3.49. The van der Waals surface area contributed by atoms with Gasteiger partial charge in [-0.2, -0.15) is 0 Å². The van der Waals surface area contributed by atoms with Crippen LogP contribution in [0.5, 0.6) is 0 Å². The summed E-state index contributed by atoms with van der Waals surface area (Å²) in [7, 11) is 0. The molecule has 1 heterocycles. The second-order valence-electron chi connectivity index (χ2n) is 4.29. The molecule has 3 rings (SSSR count). The van der Waals surface area contributed by atoms with Crippen molar-refractivity contribution < 1.29 is 0 Å². The Balaban J connectivity index is 1.83. The lowest BCUT2D eigenvalue weighted by Crippen LogP contribution is -2.00. The number of pyridine rings is 1. The van der Waals surface area contributed by atoms with Crippen LogP contribution in [-0.2, 0) is 4.75 Å². The van der Waals surface area contributed by atoms with Crippen LogP contribution in [0.15, 0.2) is 58.2 Å².